The van der Waals surface area contributed by atoms with Crippen molar-refractivity contribution in [1.82, 2.24) is 24.6 Å². The molecule has 2 aromatic heterocycles. The summed E-state index contributed by atoms with van der Waals surface area (Å²) in [5.41, 5.74) is 2.02. The van der Waals surface area contributed by atoms with Crippen molar-refractivity contribution in [2.75, 3.05) is 19.8 Å². The number of aryl methyl sites for hydroxylation is 3. The van der Waals surface area contributed by atoms with Crippen LogP contribution >= 0.6 is 0 Å². The van der Waals surface area contributed by atoms with Crippen LogP contribution in [0.4, 0.5) is 0 Å². The Balaban J connectivity index is 1.68. The first-order chi connectivity index (χ1) is 11.2. The molecule has 3 heterocycles. The maximum absolute atomic E-state index is 12.7. The first kappa shape index (κ1) is 15.7. The van der Waals surface area contributed by atoms with Crippen molar-refractivity contribution in [2.24, 2.45) is 0 Å². The van der Waals surface area contributed by atoms with Crippen molar-refractivity contribution in [1.29, 1.82) is 0 Å². The predicted molar refractivity (Wildman–Crippen MR) is 84.8 cm³/mol. The Hall–Kier alpha value is -2.15. The van der Waals surface area contributed by atoms with E-state index in [0.717, 1.165) is 23.5 Å². The van der Waals surface area contributed by atoms with Crippen molar-refractivity contribution < 1.29 is 9.53 Å². The van der Waals surface area contributed by atoms with Gasteiger partial charge in [-0.2, -0.15) is 5.10 Å². The van der Waals surface area contributed by atoms with E-state index < -0.39 is 0 Å². The lowest BCUT2D eigenvalue weighted by Crippen LogP contribution is -2.44. The smallest absolute Gasteiger partial charge is 0.225 e. The van der Waals surface area contributed by atoms with Gasteiger partial charge in [0, 0.05) is 38.3 Å². The van der Waals surface area contributed by atoms with Crippen molar-refractivity contribution in [2.45, 2.75) is 39.3 Å². The first-order valence-corrected chi connectivity index (χ1v) is 8.07. The molecule has 23 heavy (non-hydrogen) atoms. The fourth-order valence-electron chi connectivity index (χ4n) is 3.05. The Morgan fingerprint density at radius 3 is 3.13 bits per heavy atom. The van der Waals surface area contributed by atoms with Gasteiger partial charge in [0.05, 0.1) is 31.1 Å². The largest absolute Gasteiger partial charge is 0.377 e. The van der Waals surface area contributed by atoms with E-state index in [9.17, 15) is 4.79 Å². The summed E-state index contributed by atoms with van der Waals surface area (Å²) in [4.78, 5) is 18.9. The van der Waals surface area contributed by atoms with Crippen LogP contribution < -0.4 is 0 Å². The Morgan fingerprint density at radius 1 is 1.52 bits per heavy atom. The molecule has 124 valence electrons. The van der Waals surface area contributed by atoms with Crippen molar-refractivity contribution in [3.05, 3.63) is 35.7 Å². The van der Waals surface area contributed by atoms with E-state index in [1.54, 1.807) is 12.4 Å². The van der Waals surface area contributed by atoms with E-state index in [1.165, 1.54) is 0 Å². The molecule has 1 N–H and O–H groups in total. The quantitative estimate of drug-likeness (QED) is 0.906. The molecule has 3 rings (SSSR count). The summed E-state index contributed by atoms with van der Waals surface area (Å²) in [6.45, 7) is 6.44. The molecule has 7 heteroatoms. The molecule has 7 nitrogen and oxygen atoms in total. The summed E-state index contributed by atoms with van der Waals surface area (Å²) in [5.74, 6) is 1.16. The lowest BCUT2D eigenvalue weighted by atomic mass is 10.1. The second kappa shape index (κ2) is 6.95. The van der Waals surface area contributed by atoms with Gasteiger partial charge >= 0.3 is 0 Å². The Bertz CT molecular complexity index is 663. The molecule has 0 spiro atoms. The SMILES string of the molecule is CCc1nccn1CCC(=O)N1CCOC[C@@H]1c1[nH]ncc1C. The molecule has 0 aliphatic carbocycles. The number of rotatable bonds is 5. The summed E-state index contributed by atoms with van der Waals surface area (Å²) < 4.78 is 7.62. The highest BCUT2D eigenvalue weighted by Crippen LogP contribution is 2.25. The molecule has 1 fully saturated rings. The number of aromatic amines is 1. The number of ether oxygens (including phenoxy) is 1. The number of aromatic nitrogens is 4. The van der Waals surface area contributed by atoms with Crippen LogP contribution in [0.3, 0.4) is 0 Å². The first-order valence-electron chi connectivity index (χ1n) is 8.07. The van der Waals surface area contributed by atoms with E-state index in [1.807, 2.05) is 18.0 Å². The van der Waals surface area contributed by atoms with Crippen molar-refractivity contribution in [3.8, 4) is 0 Å². The standard InChI is InChI=1S/C16H23N5O2/c1-3-14-17-5-7-20(14)6-4-15(22)21-8-9-23-11-13(21)16-12(2)10-18-19-16/h5,7,10,13H,3-4,6,8-9,11H2,1-2H3,(H,18,19)/t13-/m1/s1. The number of nitrogens with zero attached hydrogens (tertiary/aromatic N) is 4. The number of carbonyl (C=O) groups is 1. The number of imidazole rings is 1. The van der Waals surface area contributed by atoms with E-state index in [2.05, 4.69) is 26.7 Å². The molecular formula is C16H23N5O2. The molecule has 0 aromatic carbocycles. The van der Waals surface area contributed by atoms with Crippen LogP contribution in [0.5, 0.6) is 0 Å². The Kier molecular flexibility index (Phi) is 4.76. The van der Waals surface area contributed by atoms with Gasteiger partial charge in [-0.25, -0.2) is 4.98 Å². The number of amides is 1. The van der Waals surface area contributed by atoms with Crippen LogP contribution in [0, 0.1) is 6.92 Å². The van der Waals surface area contributed by atoms with E-state index in [0.29, 0.717) is 32.7 Å². The van der Waals surface area contributed by atoms with Gasteiger partial charge in [-0.15, -0.1) is 0 Å². The number of hydrogen-bond acceptors (Lipinski definition) is 4. The average molecular weight is 317 g/mol. The molecule has 0 radical (unpaired) electrons. The highest BCUT2D eigenvalue weighted by atomic mass is 16.5. The third-order valence-electron chi connectivity index (χ3n) is 4.33. The van der Waals surface area contributed by atoms with Crippen molar-refractivity contribution >= 4 is 5.91 Å². The van der Waals surface area contributed by atoms with Crippen LogP contribution in [-0.4, -0.2) is 50.3 Å². The molecular weight excluding hydrogens is 294 g/mol. The average Bonchev–Trinajstić information content (AvgIpc) is 3.20. The van der Waals surface area contributed by atoms with Gasteiger partial charge in [-0.3, -0.25) is 9.89 Å². The maximum Gasteiger partial charge on any atom is 0.225 e. The Labute approximate surface area is 135 Å². The Morgan fingerprint density at radius 2 is 2.39 bits per heavy atom. The molecule has 1 amide bonds. The second-order valence-electron chi connectivity index (χ2n) is 5.78. The second-order valence-corrected chi connectivity index (χ2v) is 5.78. The van der Waals surface area contributed by atoms with Gasteiger partial charge in [0.1, 0.15) is 5.82 Å². The monoisotopic (exact) mass is 317 g/mol. The fourth-order valence-corrected chi connectivity index (χ4v) is 3.05. The van der Waals surface area contributed by atoms with Gasteiger partial charge in [-0.1, -0.05) is 6.92 Å². The molecule has 1 aliphatic rings. The van der Waals surface area contributed by atoms with Crippen LogP contribution in [0.15, 0.2) is 18.6 Å². The van der Waals surface area contributed by atoms with Crippen LogP contribution in [0.2, 0.25) is 0 Å². The lowest BCUT2D eigenvalue weighted by Gasteiger charge is -2.35. The summed E-state index contributed by atoms with van der Waals surface area (Å²) in [5, 5.41) is 7.08. The molecule has 1 saturated heterocycles. The topological polar surface area (TPSA) is 76.0 Å². The van der Waals surface area contributed by atoms with Gasteiger partial charge in [-0.05, 0) is 12.5 Å². The fraction of sp³-hybridized carbons (Fsp3) is 0.562. The predicted octanol–water partition coefficient (Wildman–Crippen LogP) is 1.47. The van der Waals surface area contributed by atoms with Crippen LogP contribution in [0.25, 0.3) is 0 Å². The van der Waals surface area contributed by atoms with E-state index >= 15 is 0 Å². The molecule has 1 aliphatic heterocycles. The molecule has 0 saturated carbocycles. The minimum absolute atomic E-state index is 0.0767. The summed E-state index contributed by atoms with van der Waals surface area (Å²) in [6, 6.07) is -0.0767. The third kappa shape index (κ3) is 3.29. The summed E-state index contributed by atoms with van der Waals surface area (Å²) in [6.07, 6.45) is 6.84. The number of H-pyrrole nitrogens is 1. The van der Waals surface area contributed by atoms with Gasteiger partial charge in [0.2, 0.25) is 5.91 Å². The lowest BCUT2D eigenvalue weighted by molar-refractivity contribution is -0.140. The zero-order chi connectivity index (χ0) is 16.2. The minimum atomic E-state index is -0.0767. The summed E-state index contributed by atoms with van der Waals surface area (Å²) in [7, 11) is 0. The molecule has 1 atom stereocenters. The zero-order valence-electron chi connectivity index (χ0n) is 13.7. The van der Waals surface area contributed by atoms with Gasteiger partial charge in [0.25, 0.3) is 0 Å². The van der Waals surface area contributed by atoms with Crippen LogP contribution in [0.1, 0.15) is 36.5 Å². The highest BCUT2D eigenvalue weighted by molar-refractivity contribution is 5.76. The maximum atomic E-state index is 12.7. The zero-order valence-corrected chi connectivity index (χ0v) is 13.7. The van der Waals surface area contributed by atoms with Crippen molar-refractivity contribution in [3.63, 3.8) is 0 Å². The summed E-state index contributed by atoms with van der Waals surface area (Å²) >= 11 is 0. The third-order valence-corrected chi connectivity index (χ3v) is 4.33. The molecule has 2 aromatic rings. The minimum Gasteiger partial charge on any atom is -0.377 e. The number of morpholine rings is 1. The molecule has 0 bridgehead atoms. The highest BCUT2D eigenvalue weighted by Gasteiger charge is 2.30. The number of nitrogens with one attached hydrogen (secondary N) is 1. The van der Waals surface area contributed by atoms with E-state index in [-0.39, 0.29) is 11.9 Å². The van der Waals surface area contributed by atoms with Gasteiger partial charge < -0.3 is 14.2 Å². The van der Waals surface area contributed by atoms with Crippen LogP contribution in [-0.2, 0) is 22.5 Å². The normalized spacial score (nSPS) is 18.3. The van der Waals surface area contributed by atoms with Gasteiger partial charge in [0.15, 0.2) is 0 Å². The van der Waals surface area contributed by atoms with E-state index in [4.69, 9.17) is 4.74 Å². The molecule has 0 unspecified atom stereocenters. The number of carbonyl (C=O) groups excluding carboxylic acids is 1. The number of hydrogen-bond donors (Lipinski definition) is 1.